The Balaban J connectivity index is 1.72. The van der Waals surface area contributed by atoms with Crippen molar-refractivity contribution in [2.45, 2.75) is 27.7 Å². The molecule has 2 aromatic rings. The van der Waals surface area contributed by atoms with Crippen LogP contribution in [0.2, 0.25) is 0 Å². The molecule has 0 saturated heterocycles. The Morgan fingerprint density at radius 2 is 1.64 bits per heavy atom. The van der Waals surface area contributed by atoms with Gasteiger partial charge in [-0.2, -0.15) is 0 Å². The third kappa shape index (κ3) is 4.21. The van der Waals surface area contributed by atoms with Gasteiger partial charge >= 0.3 is 0 Å². The molecule has 0 aliphatic carbocycles. The van der Waals surface area contributed by atoms with Crippen LogP contribution in [-0.2, 0) is 0 Å². The van der Waals surface area contributed by atoms with Crippen molar-refractivity contribution in [2.24, 2.45) is 5.41 Å². The standard InChI is InChI=1S/C21H23NO3/c1-14(12-21(2,3)4)15-5-7-16(8-6-15)20(23)22-17-9-10-18-19(11-17)25-13-24-18/h5-12H,13H2,1-4H3,(H,22,23)/b14-12-. The minimum atomic E-state index is -0.150. The second-order valence-corrected chi connectivity index (χ2v) is 7.29. The van der Waals surface area contributed by atoms with Crippen LogP contribution in [0.3, 0.4) is 0 Å². The Morgan fingerprint density at radius 1 is 1.00 bits per heavy atom. The van der Waals surface area contributed by atoms with Crippen LogP contribution < -0.4 is 14.8 Å². The predicted octanol–water partition coefficient (Wildman–Crippen LogP) is 5.12. The molecule has 0 aromatic heterocycles. The molecule has 1 N–H and O–H groups in total. The van der Waals surface area contributed by atoms with Crippen LogP contribution in [-0.4, -0.2) is 12.7 Å². The van der Waals surface area contributed by atoms with E-state index in [4.69, 9.17) is 9.47 Å². The lowest BCUT2D eigenvalue weighted by atomic mass is 9.91. The van der Waals surface area contributed by atoms with Crippen LogP contribution in [0, 0.1) is 5.41 Å². The third-order valence-corrected chi connectivity index (χ3v) is 3.88. The van der Waals surface area contributed by atoms with Crippen LogP contribution in [0.4, 0.5) is 5.69 Å². The quantitative estimate of drug-likeness (QED) is 0.846. The molecule has 1 aliphatic rings. The van der Waals surface area contributed by atoms with E-state index < -0.39 is 0 Å². The van der Waals surface area contributed by atoms with Gasteiger partial charge in [0.25, 0.3) is 5.91 Å². The number of nitrogens with one attached hydrogen (secondary N) is 1. The number of carbonyl (C=O) groups is 1. The van der Waals surface area contributed by atoms with Crippen molar-refractivity contribution in [1.82, 2.24) is 0 Å². The zero-order chi connectivity index (χ0) is 18.0. The SMILES string of the molecule is C/C(=C/C(C)(C)C)c1ccc(C(=O)Nc2ccc3c(c2)OCO3)cc1. The summed E-state index contributed by atoms with van der Waals surface area (Å²) in [4.78, 5) is 12.4. The van der Waals surface area contributed by atoms with Gasteiger partial charge in [0.1, 0.15) is 0 Å². The molecule has 130 valence electrons. The van der Waals surface area contributed by atoms with Crippen molar-refractivity contribution in [3.05, 3.63) is 59.7 Å². The molecule has 0 atom stereocenters. The number of anilines is 1. The largest absolute Gasteiger partial charge is 0.454 e. The molecule has 0 spiro atoms. The first kappa shape index (κ1) is 17.1. The van der Waals surface area contributed by atoms with Crippen molar-refractivity contribution < 1.29 is 14.3 Å². The fourth-order valence-corrected chi connectivity index (χ4v) is 2.79. The zero-order valence-corrected chi connectivity index (χ0v) is 15.1. The number of benzene rings is 2. The molecule has 0 saturated carbocycles. The second kappa shape index (κ2) is 6.63. The first-order chi connectivity index (χ1) is 11.8. The lowest BCUT2D eigenvalue weighted by Gasteiger charge is -2.14. The maximum absolute atomic E-state index is 12.4. The van der Waals surface area contributed by atoms with Gasteiger partial charge in [-0.25, -0.2) is 0 Å². The van der Waals surface area contributed by atoms with Crippen molar-refractivity contribution in [2.75, 3.05) is 12.1 Å². The van der Waals surface area contributed by atoms with E-state index in [0.29, 0.717) is 22.7 Å². The summed E-state index contributed by atoms with van der Waals surface area (Å²) in [5.41, 5.74) is 3.75. The average Bonchev–Trinajstić information content (AvgIpc) is 3.01. The summed E-state index contributed by atoms with van der Waals surface area (Å²) in [7, 11) is 0. The highest BCUT2D eigenvalue weighted by Crippen LogP contribution is 2.34. The maximum Gasteiger partial charge on any atom is 0.255 e. The fourth-order valence-electron chi connectivity index (χ4n) is 2.79. The number of allylic oxidation sites excluding steroid dienone is 2. The van der Waals surface area contributed by atoms with E-state index in [1.54, 1.807) is 18.2 Å². The highest BCUT2D eigenvalue weighted by Gasteiger charge is 2.15. The van der Waals surface area contributed by atoms with Crippen LogP contribution in [0.5, 0.6) is 11.5 Å². The van der Waals surface area contributed by atoms with E-state index in [9.17, 15) is 4.79 Å². The highest BCUT2D eigenvalue weighted by molar-refractivity contribution is 6.04. The van der Waals surface area contributed by atoms with E-state index in [1.165, 1.54) is 5.57 Å². The monoisotopic (exact) mass is 337 g/mol. The molecule has 1 aliphatic heterocycles. The fraction of sp³-hybridized carbons (Fsp3) is 0.286. The smallest absolute Gasteiger partial charge is 0.255 e. The summed E-state index contributed by atoms with van der Waals surface area (Å²) in [6.45, 7) is 8.82. The Morgan fingerprint density at radius 3 is 2.32 bits per heavy atom. The number of ether oxygens (including phenoxy) is 2. The van der Waals surface area contributed by atoms with Gasteiger partial charge in [0, 0.05) is 17.3 Å². The zero-order valence-electron chi connectivity index (χ0n) is 15.1. The lowest BCUT2D eigenvalue weighted by molar-refractivity contribution is 0.102. The van der Waals surface area contributed by atoms with Gasteiger partial charge in [0.05, 0.1) is 0 Å². The molecule has 3 rings (SSSR count). The second-order valence-electron chi connectivity index (χ2n) is 7.29. The summed E-state index contributed by atoms with van der Waals surface area (Å²) in [5, 5.41) is 2.89. The van der Waals surface area contributed by atoms with Crippen molar-refractivity contribution in [1.29, 1.82) is 0 Å². The van der Waals surface area contributed by atoms with Gasteiger partial charge in [0.15, 0.2) is 11.5 Å². The van der Waals surface area contributed by atoms with Crippen LogP contribution in [0.15, 0.2) is 48.5 Å². The number of amides is 1. The van der Waals surface area contributed by atoms with Gasteiger partial charge in [-0.05, 0) is 47.7 Å². The minimum absolute atomic E-state index is 0.124. The summed E-state index contributed by atoms with van der Waals surface area (Å²) >= 11 is 0. The van der Waals surface area contributed by atoms with E-state index in [1.807, 2.05) is 24.3 Å². The molecule has 1 amide bonds. The van der Waals surface area contributed by atoms with Crippen molar-refractivity contribution >= 4 is 17.2 Å². The van der Waals surface area contributed by atoms with Gasteiger partial charge in [0.2, 0.25) is 6.79 Å². The maximum atomic E-state index is 12.4. The van der Waals surface area contributed by atoms with Crippen LogP contribution in [0.1, 0.15) is 43.6 Å². The Hall–Kier alpha value is -2.75. The molecule has 2 aromatic carbocycles. The summed E-state index contributed by atoms with van der Waals surface area (Å²) in [5.74, 6) is 1.20. The van der Waals surface area contributed by atoms with Crippen molar-refractivity contribution in [3.8, 4) is 11.5 Å². The third-order valence-electron chi connectivity index (χ3n) is 3.88. The van der Waals surface area contributed by atoms with Gasteiger partial charge < -0.3 is 14.8 Å². The average molecular weight is 337 g/mol. The number of hydrogen-bond donors (Lipinski definition) is 1. The molecule has 25 heavy (non-hydrogen) atoms. The molecule has 0 fully saturated rings. The van der Waals surface area contributed by atoms with Gasteiger partial charge in [-0.3, -0.25) is 4.79 Å². The van der Waals surface area contributed by atoms with E-state index in [0.717, 1.165) is 5.56 Å². The number of hydrogen-bond acceptors (Lipinski definition) is 3. The summed E-state index contributed by atoms with van der Waals surface area (Å²) < 4.78 is 10.6. The summed E-state index contributed by atoms with van der Waals surface area (Å²) in [6, 6.07) is 13.0. The normalized spacial score (nSPS) is 13.7. The Labute approximate surface area is 148 Å². The molecule has 4 nitrogen and oxygen atoms in total. The van der Waals surface area contributed by atoms with Gasteiger partial charge in [-0.1, -0.05) is 39.0 Å². The molecule has 4 heteroatoms. The molecule has 0 unspecified atom stereocenters. The Bertz CT molecular complexity index is 814. The minimum Gasteiger partial charge on any atom is -0.454 e. The van der Waals surface area contributed by atoms with E-state index >= 15 is 0 Å². The molecule has 0 radical (unpaired) electrons. The Kier molecular flexibility index (Phi) is 4.53. The van der Waals surface area contributed by atoms with Gasteiger partial charge in [-0.15, -0.1) is 0 Å². The van der Waals surface area contributed by atoms with E-state index in [2.05, 4.69) is 39.1 Å². The first-order valence-electron chi connectivity index (χ1n) is 8.33. The van der Waals surface area contributed by atoms with E-state index in [-0.39, 0.29) is 18.1 Å². The molecular weight excluding hydrogens is 314 g/mol. The van der Waals surface area contributed by atoms with Crippen LogP contribution >= 0.6 is 0 Å². The topological polar surface area (TPSA) is 47.6 Å². The molecular formula is C21H23NO3. The van der Waals surface area contributed by atoms with Crippen molar-refractivity contribution in [3.63, 3.8) is 0 Å². The summed E-state index contributed by atoms with van der Waals surface area (Å²) in [6.07, 6.45) is 2.23. The lowest BCUT2D eigenvalue weighted by Crippen LogP contribution is -2.11. The predicted molar refractivity (Wildman–Crippen MR) is 100 cm³/mol. The molecule has 0 bridgehead atoms. The van der Waals surface area contributed by atoms with Crippen LogP contribution in [0.25, 0.3) is 5.57 Å². The number of rotatable bonds is 3. The molecule has 1 heterocycles. The number of fused-ring (bicyclic) bond motifs is 1. The highest BCUT2D eigenvalue weighted by atomic mass is 16.7. The number of carbonyl (C=O) groups excluding carboxylic acids is 1. The first-order valence-corrected chi connectivity index (χ1v) is 8.33.